The van der Waals surface area contributed by atoms with Crippen LogP contribution in [0, 0.1) is 5.92 Å². The molecular weight excluding hydrogens is 420 g/mol. The number of benzene rings is 2. The van der Waals surface area contributed by atoms with Gasteiger partial charge in [0.1, 0.15) is 5.92 Å². The predicted octanol–water partition coefficient (Wildman–Crippen LogP) is 3.30. The lowest BCUT2D eigenvalue weighted by Gasteiger charge is -2.17. The van der Waals surface area contributed by atoms with E-state index in [-0.39, 0.29) is 11.8 Å². The summed E-state index contributed by atoms with van der Waals surface area (Å²) in [5.74, 6) is -1.05. The molecule has 3 aromatic rings. The molecule has 1 aromatic heterocycles. The molecule has 28 heavy (non-hydrogen) atoms. The van der Waals surface area contributed by atoms with Gasteiger partial charge < -0.3 is 10.2 Å². The minimum absolute atomic E-state index is 0.157. The molecule has 0 spiro atoms. The van der Waals surface area contributed by atoms with Crippen LogP contribution >= 0.6 is 15.9 Å². The molecule has 1 fully saturated rings. The molecule has 1 unspecified atom stereocenters. The van der Waals surface area contributed by atoms with Gasteiger partial charge in [-0.1, -0.05) is 40.2 Å². The number of nitrogens with one attached hydrogen (secondary N) is 1. The Morgan fingerprint density at radius 1 is 1.14 bits per heavy atom. The third-order valence-corrected chi connectivity index (χ3v) is 5.26. The first kappa shape index (κ1) is 18.4. The zero-order valence-electron chi connectivity index (χ0n) is 15.1. The van der Waals surface area contributed by atoms with Gasteiger partial charge >= 0.3 is 0 Å². The molecule has 0 radical (unpaired) electrons. The van der Waals surface area contributed by atoms with Crippen molar-refractivity contribution in [3.63, 3.8) is 0 Å². The lowest BCUT2D eigenvalue weighted by molar-refractivity contribution is -0.132. The van der Waals surface area contributed by atoms with E-state index in [2.05, 4.69) is 26.3 Å². The predicted molar refractivity (Wildman–Crippen MR) is 110 cm³/mol. The van der Waals surface area contributed by atoms with Gasteiger partial charge in [-0.3, -0.25) is 9.59 Å². The van der Waals surface area contributed by atoms with Crippen LogP contribution in [0.25, 0.3) is 5.69 Å². The number of anilines is 1. The van der Waals surface area contributed by atoms with E-state index in [9.17, 15) is 9.59 Å². The van der Waals surface area contributed by atoms with Crippen molar-refractivity contribution in [2.75, 3.05) is 11.4 Å². The van der Waals surface area contributed by atoms with Gasteiger partial charge in [0.25, 0.3) is 0 Å². The molecule has 1 atom stereocenters. The summed E-state index contributed by atoms with van der Waals surface area (Å²) >= 11 is 3.42. The van der Waals surface area contributed by atoms with Crippen LogP contribution in [0.1, 0.15) is 12.0 Å². The number of carbonyl (C=O) groups is 2. The summed E-state index contributed by atoms with van der Waals surface area (Å²) in [4.78, 5) is 26.9. The Bertz CT molecular complexity index is 1000. The van der Waals surface area contributed by atoms with Gasteiger partial charge in [0.05, 0.1) is 11.9 Å². The van der Waals surface area contributed by atoms with Crippen LogP contribution in [0.5, 0.6) is 0 Å². The van der Waals surface area contributed by atoms with Crippen molar-refractivity contribution >= 4 is 33.4 Å². The van der Waals surface area contributed by atoms with Crippen LogP contribution in [-0.4, -0.2) is 28.1 Å². The first-order chi connectivity index (χ1) is 13.6. The van der Waals surface area contributed by atoms with E-state index < -0.39 is 5.92 Å². The first-order valence-corrected chi connectivity index (χ1v) is 9.85. The normalized spacial score (nSPS) is 16.4. The molecule has 4 rings (SSSR count). The third kappa shape index (κ3) is 3.84. The van der Waals surface area contributed by atoms with Crippen LogP contribution in [0.2, 0.25) is 0 Å². The van der Waals surface area contributed by atoms with Gasteiger partial charge in [0, 0.05) is 35.0 Å². The Labute approximate surface area is 171 Å². The maximum absolute atomic E-state index is 12.7. The zero-order valence-corrected chi connectivity index (χ0v) is 16.7. The standard InChI is InChI=1S/C21H19BrN4O2/c22-16-5-4-8-18(11-16)25-10-9-19(21(25)28)20(27)23-12-15-13-24-26(14-15)17-6-2-1-3-7-17/h1-8,11,13-14,19H,9-10,12H2,(H,23,27). The average Bonchev–Trinajstić information content (AvgIpc) is 3.34. The van der Waals surface area contributed by atoms with Crippen LogP contribution < -0.4 is 10.2 Å². The number of carbonyl (C=O) groups excluding carboxylic acids is 2. The summed E-state index contributed by atoms with van der Waals surface area (Å²) in [7, 11) is 0. The molecule has 0 bridgehead atoms. The second-order valence-corrected chi connectivity index (χ2v) is 7.57. The van der Waals surface area contributed by atoms with Crippen molar-refractivity contribution in [1.82, 2.24) is 15.1 Å². The van der Waals surface area contributed by atoms with Crippen molar-refractivity contribution in [1.29, 1.82) is 0 Å². The topological polar surface area (TPSA) is 67.2 Å². The van der Waals surface area contributed by atoms with Crippen LogP contribution in [-0.2, 0) is 16.1 Å². The SMILES string of the molecule is O=C(NCc1cnn(-c2ccccc2)c1)C1CCN(c2cccc(Br)c2)C1=O. The number of amides is 2. The highest BCUT2D eigenvalue weighted by atomic mass is 79.9. The Balaban J connectivity index is 1.37. The first-order valence-electron chi connectivity index (χ1n) is 9.05. The van der Waals surface area contributed by atoms with E-state index in [1.54, 1.807) is 15.8 Å². The number of hydrogen-bond acceptors (Lipinski definition) is 3. The summed E-state index contributed by atoms with van der Waals surface area (Å²) in [6.45, 7) is 0.881. The molecule has 142 valence electrons. The minimum atomic E-state index is -0.650. The smallest absolute Gasteiger partial charge is 0.239 e. The fourth-order valence-corrected chi connectivity index (χ4v) is 3.70. The zero-order chi connectivity index (χ0) is 19.5. The molecule has 2 amide bonds. The van der Waals surface area contributed by atoms with Gasteiger partial charge in [-0.05, 0) is 36.8 Å². The van der Waals surface area contributed by atoms with E-state index in [0.717, 1.165) is 21.4 Å². The van der Waals surface area contributed by atoms with Gasteiger partial charge in [-0.15, -0.1) is 0 Å². The molecule has 7 heteroatoms. The quantitative estimate of drug-likeness (QED) is 0.621. The molecule has 1 saturated heterocycles. The molecule has 1 aliphatic heterocycles. The third-order valence-electron chi connectivity index (χ3n) is 4.77. The Morgan fingerprint density at radius 2 is 1.93 bits per heavy atom. The Morgan fingerprint density at radius 3 is 2.71 bits per heavy atom. The Kier molecular flexibility index (Phi) is 5.25. The highest BCUT2D eigenvalue weighted by Crippen LogP contribution is 2.27. The van der Waals surface area contributed by atoms with Gasteiger partial charge in [0.15, 0.2) is 0 Å². The van der Waals surface area contributed by atoms with Crippen LogP contribution in [0.15, 0.2) is 71.5 Å². The van der Waals surface area contributed by atoms with E-state index in [4.69, 9.17) is 0 Å². The summed E-state index contributed by atoms with van der Waals surface area (Å²) in [6.07, 6.45) is 4.11. The average molecular weight is 439 g/mol. The molecule has 1 N–H and O–H groups in total. The van der Waals surface area contributed by atoms with Crippen LogP contribution in [0.4, 0.5) is 5.69 Å². The summed E-state index contributed by atoms with van der Waals surface area (Å²) < 4.78 is 2.66. The van der Waals surface area contributed by atoms with E-state index in [0.29, 0.717) is 19.5 Å². The number of rotatable bonds is 5. The maximum Gasteiger partial charge on any atom is 0.239 e. The number of nitrogens with zero attached hydrogens (tertiary/aromatic N) is 3. The van der Waals surface area contributed by atoms with Gasteiger partial charge in [0.2, 0.25) is 11.8 Å². The Hall–Kier alpha value is -2.93. The van der Waals surface area contributed by atoms with Gasteiger partial charge in [-0.2, -0.15) is 5.10 Å². The molecule has 2 heterocycles. The van der Waals surface area contributed by atoms with E-state index >= 15 is 0 Å². The maximum atomic E-state index is 12.7. The highest BCUT2D eigenvalue weighted by Gasteiger charge is 2.37. The fraction of sp³-hybridized carbons (Fsp3) is 0.190. The number of halogens is 1. The largest absolute Gasteiger partial charge is 0.351 e. The second kappa shape index (κ2) is 7.98. The van der Waals surface area contributed by atoms with Crippen molar-refractivity contribution < 1.29 is 9.59 Å². The number of para-hydroxylation sites is 1. The van der Waals surface area contributed by atoms with Gasteiger partial charge in [-0.25, -0.2) is 4.68 Å². The minimum Gasteiger partial charge on any atom is -0.351 e. The second-order valence-electron chi connectivity index (χ2n) is 6.66. The molecular formula is C21H19BrN4O2. The van der Waals surface area contributed by atoms with Crippen molar-refractivity contribution in [3.05, 3.63) is 77.0 Å². The van der Waals surface area contributed by atoms with Crippen LogP contribution in [0.3, 0.4) is 0 Å². The lowest BCUT2D eigenvalue weighted by atomic mass is 10.1. The number of aromatic nitrogens is 2. The molecule has 0 saturated carbocycles. The van der Waals surface area contributed by atoms with E-state index in [1.165, 1.54) is 0 Å². The molecule has 2 aromatic carbocycles. The van der Waals surface area contributed by atoms with E-state index in [1.807, 2.05) is 60.8 Å². The van der Waals surface area contributed by atoms with Crippen molar-refractivity contribution in [2.24, 2.45) is 5.92 Å². The van der Waals surface area contributed by atoms with Crippen molar-refractivity contribution in [3.8, 4) is 5.69 Å². The summed E-state index contributed by atoms with van der Waals surface area (Å²) in [5, 5.41) is 7.19. The molecule has 6 nitrogen and oxygen atoms in total. The molecule has 1 aliphatic rings. The molecule has 0 aliphatic carbocycles. The fourth-order valence-electron chi connectivity index (χ4n) is 3.31. The summed E-state index contributed by atoms with van der Waals surface area (Å²) in [6, 6.07) is 17.3. The van der Waals surface area contributed by atoms with Crippen molar-refractivity contribution in [2.45, 2.75) is 13.0 Å². The summed E-state index contributed by atoms with van der Waals surface area (Å²) in [5.41, 5.74) is 2.64. The number of hydrogen-bond donors (Lipinski definition) is 1. The highest BCUT2D eigenvalue weighted by molar-refractivity contribution is 9.10. The monoisotopic (exact) mass is 438 g/mol. The lowest BCUT2D eigenvalue weighted by Crippen LogP contribution is -2.36.